The molecular weight excluding hydrogens is 320 g/mol. The van der Waals surface area contributed by atoms with Crippen molar-refractivity contribution in [2.24, 2.45) is 0 Å². The summed E-state index contributed by atoms with van der Waals surface area (Å²) in [4.78, 5) is 15.4. The molecule has 0 radical (unpaired) electrons. The third-order valence-electron chi connectivity index (χ3n) is 4.59. The molecule has 26 heavy (non-hydrogen) atoms. The van der Waals surface area contributed by atoms with Gasteiger partial charge in [0.25, 0.3) is 0 Å². The summed E-state index contributed by atoms with van der Waals surface area (Å²) >= 11 is 0. The Morgan fingerprint density at radius 3 is 2.04 bits per heavy atom. The first-order valence-electron chi connectivity index (χ1n) is 9.01. The first kappa shape index (κ1) is 17.7. The lowest BCUT2D eigenvalue weighted by atomic mass is 9.95. The number of Topliss-reactive ketones (excluding diaryl/α,β-unsaturated/α-hetero) is 1. The van der Waals surface area contributed by atoms with Crippen LogP contribution in [0.25, 0.3) is 5.57 Å². The van der Waals surface area contributed by atoms with Crippen LogP contribution in [0.4, 0.5) is 0 Å². The van der Waals surface area contributed by atoms with Crippen molar-refractivity contribution < 1.29 is 4.79 Å². The number of allylic oxidation sites excluding steroid dienone is 3. The number of hydrogen-bond acceptors (Lipinski definition) is 3. The number of likely N-dealkylation sites (tertiary alicyclic amines) is 1. The van der Waals surface area contributed by atoms with Gasteiger partial charge in [-0.05, 0) is 30.9 Å². The minimum absolute atomic E-state index is 0.0300. The van der Waals surface area contributed by atoms with Crippen LogP contribution in [0.2, 0.25) is 0 Å². The van der Waals surface area contributed by atoms with Gasteiger partial charge >= 0.3 is 0 Å². The highest BCUT2D eigenvalue weighted by Gasteiger charge is 2.18. The topological polar surface area (TPSA) is 44.1 Å². The fraction of sp³-hybridized carbons (Fsp3) is 0.217. The van der Waals surface area contributed by atoms with E-state index in [1.54, 1.807) is 6.08 Å². The molecule has 0 aliphatic carbocycles. The van der Waals surface area contributed by atoms with E-state index in [1.165, 1.54) is 6.42 Å². The van der Waals surface area contributed by atoms with Gasteiger partial charge in [-0.3, -0.25) is 4.79 Å². The van der Waals surface area contributed by atoms with Crippen molar-refractivity contribution in [2.75, 3.05) is 13.1 Å². The van der Waals surface area contributed by atoms with E-state index in [9.17, 15) is 10.1 Å². The van der Waals surface area contributed by atoms with Crippen LogP contribution in [0.3, 0.4) is 0 Å². The lowest BCUT2D eigenvalue weighted by molar-refractivity contribution is 0.105. The normalized spacial score (nSPS) is 15.4. The Labute approximate surface area is 154 Å². The van der Waals surface area contributed by atoms with E-state index in [2.05, 4.69) is 11.0 Å². The lowest BCUT2D eigenvalue weighted by Crippen LogP contribution is -2.28. The van der Waals surface area contributed by atoms with Crippen LogP contribution in [0, 0.1) is 11.3 Å². The highest BCUT2D eigenvalue weighted by molar-refractivity contribution is 6.29. The van der Waals surface area contributed by atoms with Crippen LogP contribution < -0.4 is 0 Å². The fourth-order valence-electron chi connectivity index (χ4n) is 3.23. The van der Waals surface area contributed by atoms with Gasteiger partial charge in [0.2, 0.25) is 0 Å². The van der Waals surface area contributed by atoms with Crippen LogP contribution in [0.1, 0.15) is 35.2 Å². The Balaban J connectivity index is 2.04. The second kappa shape index (κ2) is 8.82. The third-order valence-corrected chi connectivity index (χ3v) is 4.59. The van der Waals surface area contributed by atoms with Crippen molar-refractivity contribution in [3.8, 4) is 6.07 Å². The van der Waals surface area contributed by atoms with Gasteiger partial charge in [-0.15, -0.1) is 0 Å². The summed E-state index contributed by atoms with van der Waals surface area (Å²) in [5.41, 5.74) is 2.94. The van der Waals surface area contributed by atoms with Crippen LogP contribution >= 0.6 is 0 Å². The molecule has 1 aliphatic heterocycles. The largest absolute Gasteiger partial charge is 0.371 e. The molecule has 0 spiro atoms. The van der Waals surface area contributed by atoms with Gasteiger partial charge in [0.1, 0.15) is 0 Å². The predicted molar refractivity (Wildman–Crippen MR) is 104 cm³/mol. The average Bonchev–Trinajstić information content (AvgIpc) is 2.72. The summed E-state index contributed by atoms with van der Waals surface area (Å²) < 4.78 is 0. The van der Waals surface area contributed by atoms with Crippen LogP contribution in [0.5, 0.6) is 0 Å². The maximum atomic E-state index is 13.2. The van der Waals surface area contributed by atoms with E-state index in [1.807, 2.05) is 66.7 Å². The SMILES string of the molecule is N#C/C=C(\C=C(\C(=O)c1ccccc1)c1ccccc1)N1CCCCC1. The lowest BCUT2D eigenvalue weighted by Gasteiger charge is -2.29. The highest BCUT2D eigenvalue weighted by atomic mass is 16.1. The standard InChI is InChI=1S/C23H22N2O/c24-15-14-21(25-16-8-3-9-17-25)18-22(19-10-4-1-5-11-19)23(26)20-12-6-2-7-13-20/h1-2,4-7,10-14,18H,3,8-9,16-17H2/b21-14+,22-18+. The first-order chi connectivity index (χ1) is 12.8. The van der Waals surface area contributed by atoms with Crippen LogP contribution in [-0.4, -0.2) is 23.8 Å². The van der Waals surface area contributed by atoms with Gasteiger partial charge in [-0.1, -0.05) is 60.7 Å². The highest BCUT2D eigenvalue weighted by Crippen LogP contribution is 2.24. The molecule has 1 saturated heterocycles. The number of ketones is 1. The number of benzene rings is 2. The summed E-state index contributed by atoms with van der Waals surface area (Å²) in [7, 11) is 0. The molecule has 1 aliphatic rings. The Bertz CT molecular complexity index is 839. The zero-order chi connectivity index (χ0) is 18.2. The van der Waals surface area contributed by atoms with Crippen molar-refractivity contribution in [3.05, 3.63) is 89.6 Å². The fourth-order valence-corrected chi connectivity index (χ4v) is 3.23. The molecule has 1 fully saturated rings. The number of piperidine rings is 1. The molecule has 0 amide bonds. The monoisotopic (exact) mass is 342 g/mol. The number of carbonyl (C=O) groups excluding carboxylic acids is 1. The molecule has 1 heterocycles. The van der Waals surface area contributed by atoms with E-state index < -0.39 is 0 Å². The molecule has 0 N–H and O–H groups in total. The zero-order valence-electron chi connectivity index (χ0n) is 14.8. The molecule has 0 atom stereocenters. The molecular formula is C23H22N2O. The van der Waals surface area contributed by atoms with E-state index >= 15 is 0 Å². The number of carbonyl (C=O) groups is 1. The second-order valence-corrected chi connectivity index (χ2v) is 6.37. The molecule has 3 nitrogen and oxygen atoms in total. The molecule has 0 unspecified atom stereocenters. The van der Waals surface area contributed by atoms with Gasteiger partial charge in [-0.2, -0.15) is 5.26 Å². The van der Waals surface area contributed by atoms with Crippen molar-refractivity contribution in [2.45, 2.75) is 19.3 Å². The minimum atomic E-state index is -0.0300. The summed E-state index contributed by atoms with van der Waals surface area (Å²) in [5, 5.41) is 9.24. The van der Waals surface area contributed by atoms with E-state index in [-0.39, 0.29) is 5.78 Å². The molecule has 130 valence electrons. The first-order valence-corrected chi connectivity index (χ1v) is 9.01. The van der Waals surface area contributed by atoms with Gasteiger partial charge in [0, 0.05) is 36.0 Å². The molecule has 2 aromatic rings. The number of rotatable bonds is 5. The summed E-state index contributed by atoms with van der Waals surface area (Å²) in [5.74, 6) is -0.0300. The summed E-state index contributed by atoms with van der Waals surface area (Å²) in [6, 6.07) is 21.1. The second-order valence-electron chi connectivity index (χ2n) is 6.37. The number of hydrogen-bond donors (Lipinski definition) is 0. The number of nitrogens with zero attached hydrogens (tertiary/aromatic N) is 2. The molecule has 0 saturated carbocycles. The van der Waals surface area contributed by atoms with Crippen LogP contribution in [-0.2, 0) is 0 Å². The van der Waals surface area contributed by atoms with Crippen molar-refractivity contribution >= 4 is 11.4 Å². The summed E-state index contributed by atoms with van der Waals surface area (Å²) in [6.07, 6.45) is 6.87. The third kappa shape index (κ3) is 4.29. The van der Waals surface area contributed by atoms with Crippen molar-refractivity contribution in [1.82, 2.24) is 4.90 Å². The summed E-state index contributed by atoms with van der Waals surface area (Å²) in [6.45, 7) is 1.84. The van der Waals surface area contributed by atoms with Gasteiger partial charge < -0.3 is 4.90 Å². The van der Waals surface area contributed by atoms with Crippen molar-refractivity contribution in [3.63, 3.8) is 0 Å². The maximum absolute atomic E-state index is 13.2. The van der Waals surface area contributed by atoms with Gasteiger partial charge in [0.05, 0.1) is 6.07 Å². The zero-order valence-corrected chi connectivity index (χ0v) is 14.8. The van der Waals surface area contributed by atoms with Gasteiger partial charge in [0.15, 0.2) is 5.78 Å². The Kier molecular flexibility index (Phi) is 6.01. The van der Waals surface area contributed by atoms with Gasteiger partial charge in [-0.25, -0.2) is 0 Å². The molecule has 3 heteroatoms. The van der Waals surface area contributed by atoms with E-state index in [4.69, 9.17) is 0 Å². The average molecular weight is 342 g/mol. The molecule has 0 aromatic heterocycles. The Morgan fingerprint density at radius 2 is 1.46 bits per heavy atom. The molecule has 0 bridgehead atoms. The van der Waals surface area contributed by atoms with E-state index in [0.29, 0.717) is 11.1 Å². The Morgan fingerprint density at radius 1 is 0.885 bits per heavy atom. The predicted octanol–water partition coefficient (Wildman–Crippen LogP) is 4.85. The smallest absolute Gasteiger partial charge is 0.193 e. The molecule has 2 aromatic carbocycles. The molecule has 3 rings (SSSR count). The van der Waals surface area contributed by atoms with Crippen molar-refractivity contribution in [1.29, 1.82) is 5.26 Å². The van der Waals surface area contributed by atoms with Crippen LogP contribution in [0.15, 0.2) is 78.5 Å². The quantitative estimate of drug-likeness (QED) is 0.338. The Hall–Kier alpha value is -3.12. The maximum Gasteiger partial charge on any atom is 0.193 e. The minimum Gasteiger partial charge on any atom is -0.371 e. The van der Waals surface area contributed by atoms with E-state index in [0.717, 1.165) is 37.2 Å². The number of nitriles is 1.